The van der Waals surface area contributed by atoms with Gasteiger partial charge in [0, 0.05) is 6.42 Å². The van der Waals surface area contributed by atoms with Gasteiger partial charge in [-0.2, -0.15) is 5.10 Å². The Morgan fingerprint density at radius 1 is 1.41 bits per heavy atom. The van der Waals surface area contributed by atoms with Gasteiger partial charge in [0.05, 0.1) is 0 Å². The van der Waals surface area contributed by atoms with Crippen molar-refractivity contribution in [3.8, 4) is 0 Å². The highest BCUT2D eigenvalue weighted by Gasteiger charge is 2.11. The molecule has 0 aliphatic rings. The Morgan fingerprint density at radius 3 is 2.76 bits per heavy atom. The molecule has 0 N–H and O–H groups in total. The molecule has 2 heterocycles. The molecule has 4 heteroatoms. The normalized spacial score (nSPS) is 13.2. The molecule has 0 aromatic carbocycles. The van der Waals surface area contributed by atoms with Crippen LogP contribution in [0.4, 0.5) is 0 Å². The third-order valence-electron chi connectivity index (χ3n) is 3.34. The van der Waals surface area contributed by atoms with Gasteiger partial charge in [-0.3, -0.25) is 0 Å². The maximum atomic E-state index is 4.59. The number of aromatic nitrogens is 3. The molecule has 2 aromatic heterocycles. The summed E-state index contributed by atoms with van der Waals surface area (Å²) in [6.45, 7) is 8.62. The number of nitrogens with zero attached hydrogens (tertiary/aromatic N) is 3. The van der Waals surface area contributed by atoms with Gasteiger partial charge in [-0.1, -0.05) is 20.3 Å². The molecule has 17 heavy (non-hydrogen) atoms. The van der Waals surface area contributed by atoms with Gasteiger partial charge in [0.1, 0.15) is 4.60 Å². The summed E-state index contributed by atoms with van der Waals surface area (Å²) in [7, 11) is 0. The lowest BCUT2D eigenvalue weighted by Crippen LogP contribution is -2.00. The molecule has 92 valence electrons. The van der Waals surface area contributed by atoms with Crippen molar-refractivity contribution < 1.29 is 0 Å². The average molecular weight is 296 g/mol. The van der Waals surface area contributed by atoms with Crippen LogP contribution in [-0.4, -0.2) is 14.6 Å². The smallest absolute Gasteiger partial charge is 0.157 e. The molecule has 2 aromatic rings. The van der Waals surface area contributed by atoms with Crippen LogP contribution in [0.1, 0.15) is 37.2 Å². The van der Waals surface area contributed by atoms with Crippen molar-refractivity contribution in [3.05, 3.63) is 27.6 Å². The number of aryl methyl sites for hydroxylation is 1. The highest BCUT2D eigenvalue weighted by Crippen LogP contribution is 2.21. The van der Waals surface area contributed by atoms with Crippen LogP contribution in [-0.2, 0) is 6.42 Å². The molecule has 1 atom stereocenters. The predicted molar refractivity (Wildman–Crippen MR) is 73.3 cm³/mol. The summed E-state index contributed by atoms with van der Waals surface area (Å²) in [5, 5.41) is 4.56. The van der Waals surface area contributed by atoms with Crippen LogP contribution in [0, 0.1) is 19.8 Å². The summed E-state index contributed by atoms with van der Waals surface area (Å²) < 4.78 is 2.90. The predicted octanol–water partition coefficient (Wildman–Crippen LogP) is 3.70. The number of hydrogen-bond acceptors (Lipinski definition) is 2. The minimum Gasteiger partial charge on any atom is -0.212 e. The van der Waals surface area contributed by atoms with E-state index < -0.39 is 0 Å². The minimum atomic E-state index is 0.633. The molecule has 1 unspecified atom stereocenters. The fraction of sp³-hybridized carbons (Fsp3) is 0.538. The average Bonchev–Trinajstić information content (AvgIpc) is 2.68. The van der Waals surface area contributed by atoms with E-state index in [1.165, 1.54) is 11.1 Å². The van der Waals surface area contributed by atoms with E-state index in [1.807, 2.05) is 4.52 Å². The third-order valence-corrected chi connectivity index (χ3v) is 4.27. The SMILES string of the molecule is CCC(C)Cc1nc2cc(C)c(C)c(Br)n2n1. The molecule has 0 fully saturated rings. The molecule has 0 aliphatic heterocycles. The van der Waals surface area contributed by atoms with Crippen LogP contribution < -0.4 is 0 Å². The van der Waals surface area contributed by atoms with E-state index in [2.05, 4.69) is 59.8 Å². The summed E-state index contributed by atoms with van der Waals surface area (Å²) in [6.07, 6.45) is 2.11. The Balaban J connectivity index is 2.47. The van der Waals surface area contributed by atoms with E-state index in [-0.39, 0.29) is 0 Å². The van der Waals surface area contributed by atoms with Crippen molar-refractivity contribution in [2.45, 2.75) is 40.5 Å². The van der Waals surface area contributed by atoms with Crippen LogP contribution in [0.15, 0.2) is 10.7 Å². The summed E-state index contributed by atoms with van der Waals surface area (Å²) in [5.41, 5.74) is 3.39. The number of pyridine rings is 1. The first-order chi connectivity index (χ1) is 8.02. The topological polar surface area (TPSA) is 30.2 Å². The highest BCUT2D eigenvalue weighted by molar-refractivity contribution is 9.10. The van der Waals surface area contributed by atoms with E-state index in [9.17, 15) is 0 Å². The van der Waals surface area contributed by atoms with Gasteiger partial charge >= 0.3 is 0 Å². The molecule has 0 bridgehead atoms. The molecular formula is C13H18BrN3. The second-order valence-corrected chi connectivity index (χ2v) is 5.51. The van der Waals surface area contributed by atoms with Crippen molar-refractivity contribution in [1.29, 1.82) is 0 Å². The van der Waals surface area contributed by atoms with Crippen molar-refractivity contribution >= 4 is 21.6 Å². The van der Waals surface area contributed by atoms with Gasteiger partial charge in [0.2, 0.25) is 0 Å². The molecule has 2 rings (SSSR count). The van der Waals surface area contributed by atoms with E-state index in [1.54, 1.807) is 0 Å². The van der Waals surface area contributed by atoms with Crippen LogP contribution in [0.5, 0.6) is 0 Å². The second kappa shape index (κ2) is 4.77. The number of hydrogen-bond donors (Lipinski definition) is 0. The van der Waals surface area contributed by atoms with Crippen LogP contribution in [0.25, 0.3) is 5.65 Å². The van der Waals surface area contributed by atoms with Gasteiger partial charge in [-0.15, -0.1) is 0 Å². The van der Waals surface area contributed by atoms with Crippen molar-refractivity contribution in [1.82, 2.24) is 14.6 Å². The highest BCUT2D eigenvalue weighted by atomic mass is 79.9. The zero-order valence-corrected chi connectivity index (χ0v) is 12.4. The molecular weight excluding hydrogens is 278 g/mol. The molecule has 0 radical (unpaired) electrons. The van der Waals surface area contributed by atoms with Gasteiger partial charge < -0.3 is 0 Å². The van der Waals surface area contributed by atoms with Gasteiger partial charge in [0.15, 0.2) is 11.5 Å². The first kappa shape index (κ1) is 12.6. The summed E-state index contributed by atoms with van der Waals surface area (Å²) in [4.78, 5) is 4.59. The first-order valence-corrected chi connectivity index (χ1v) is 6.83. The van der Waals surface area contributed by atoms with Crippen molar-refractivity contribution in [3.63, 3.8) is 0 Å². The van der Waals surface area contributed by atoms with Crippen LogP contribution >= 0.6 is 15.9 Å². The quantitative estimate of drug-likeness (QED) is 0.808. The van der Waals surface area contributed by atoms with E-state index in [0.29, 0.717) is 5.92 Å². The second-order valence-electron chi connectivity index (χ2n) is 4.76. The Kier molecular flexibility index (Phi) is 3.52. The summed E-state index contributed by atoms with van der Waals surface area (Å²) in [6, 6.07) is 2.09. The number of fused-ring (bicyclic) bond motifs is 1. The lowest BCUT2D eigenvalue weighted by Gasteiger charge is -2.04. The Bertz CT molecular complexity index is 545. The van der Waals surface area contributed by atoms with E-state index in [4.69, 9.17) is 0 Å². The van der Waals surface area contributed by atoms with E-state index >= 15 is 0 Å². The fourth-order valence-corrected chi connectivity index (χ4v) is 2.35. The lowest BCUT2D eigenvalue weighted by atomic mass is 10.1. The minimum absolute atomic E-state index is 0.633. The lowest BCUT2D eigenvalue weighted by molar-refractivity contribution is 0.543. The Hall–Kier alpha value is -0.900. The molecule has 0 spiro atoms. The standard InChI is InChI=1S/C13H18BrN3/c1-5-8(2)6-11-15-12-7-9(3)10(4)13(14)17(12)16-11/h7-8H,5-6H2,1-4H3. The molecule has 0 amide bonds. The Labute approximate surface area is 110 Å². The van der Waals surface area contributed by atoms with Crippen molar-refractivity contribution in [2.24, 2.45) is 5.92 Å². The fourth-order valence-electron chi connectivity index (χ4n) is 1.77. The monoisotopic (exact) mass is 295 g/mol. The number of halogens is 1. The summed E-state index contributed by atoms with van der Waals surface area (Å²) >= 11 is 3.59. The number of rotatable bonds is 3. The Morgan fingerprint density at radius 2 is 2.12 bits per heavy atom. The molecule has 3 nitrogen and oxygen atoms in total. The first-order valence-electron chi connectivity index (χ1n) is 6.04. The largest absolute Gasteiger partial charge is 0.212 e. The summed E-state index contributed by atoms with van der Waals surface area (Å²) in [5.74, 6) is 1.57. The molecule has 0 aliphatic carbocycles. The van der Waals surface area contributed by atoms with Crippen LogP contribution in [0.2, 0.25) is 0 Å². The third kappa shape index (κ3) is 2.37. The van der Waals surface area contributed by atoms with Gasteiger partial charge in [-0.25, -0.2) is 9.50 Å². The van der Waals surface area contributed by atoms with E-state index in [0.717, 1.165) is 28.9 Å². The molecule has 0 saturated heterocycles. The van der Waals surface area contributed by atoms with Gasteiger partial charge in [-0.05, 0) is 52.9 Å². The van der Waals surface area contributed by atoms with Crippen LogP contribution in [0.3, 0.4) is 0 Å². The maximum absolute atomic E-state index is 4.59. The van der Waals surface area contributed by atoms with Crippen molar-refractivity contribution in [2.75, 3.05) is 0 Å². The van der Waals surface area contributed by atoms with Gasteiger partial charge in [0.25, 0.3) is 0 Å². The zero-order valence-electron chi connectivity index (χ0n) is 10.8. The molecule has 0 saturated carbocycles. The maximum Gasteiger partial charge on any atom is 0.157 e. The zero-order chi connectivity index (χ0) is 12.6.